The first-order valence-electron chi connectivity index (χ1n) is 5.21. The molecular formula is C10H17F2NO4. The van der Waals surface area contributed by atoms with Gasteiger partial charge in [-0.15, -0.1) is 0 Å². The molecule has 0 aromatic heterocycles. The standard InChI is InChI=1S/C10H17F2NO4/c1-3-13(6-10(15)16-2)9(14)4-5-17-7-8(11)12/h8H,3-7H2,1-2H3. The first-order chi connectivity index (χ1) is 8.01. The highest BCUT2D eigenvalue weighted by Gasteiger charge is 2.15. The minimum Gasteiger partial charge on any atom is -0.468 e. The normalized spacial score (nSPS) is 10.4. The molecule has 0 rings (SSSR count). The van der Waals surface area contributed by atoms with Gasteiger partial charge in [0, 0.05) is 6.54 Å². The summed E-state index contributed by atoms with van der Waals surface area (Å²) in [4.78, 5) is 23.8. The van der Waals surface area contributed by atoms with Gasteiger partial charge in [-0.05, 0) is 6.92 Å². The average molecular weight is 253 g/mol. The van der Waals surface area contributed by atoms with Crippen molar-refractivity contribution in [3.8, 4) is 0 Å². The molecule has 0 aliphatic rings. The van der Waals surface area contributed by atoms with Crippen molar-refractivity contribution in [2.45, 2.75) is 19.8 Å². The number of methoxy groups -OCH3 is 1. The predicted molar refractivity (Wildman–Crippen MR) is 55.7 cm³/mol. The summed E-state index contributed by atoms with van der Waals surface area (Å²) in [5.41, 5.74) is 0. The lowest BCUT2D eigenvalue weighted by atomic mass is 10.3. The Bertz CT molecular complexity index is 248. The van der Waals surface area contributed by atoms with E-state index >= 15 is 0 Å². The Morgan fingerprint density at radius 2 is 2.00 bits per heavy atom. The van der Waals surface area contributed by atoms with Gasteiger partial charge in [-0.3, -0.25) is 9.59 Å². The van der Waals surface area contributed by atoms with Crippen molar-refractivity contribution in [3.05, 3.63) is 0 Å². The largest absolute Gasteiger partial charge is 0.468 e. The van der Waals surface area contributed by atoms with Gasteiger partial charge >= 0.3 is 5.97 Å². The fraction of sp³-hybridized carbons (Fsp3) is 0.800. The van der Waals surface area contributed by atoms with Crippen molar-refractivity contribution in [2.75, 3.05) is 33.4 Å². The molecule has 0 N–H and O–H groups in total. The van der Waals surface area contributed by atoms with Gasteiger partial charge in [0.2, 0.25) is 5.91 Å². The predicted octanol–water partition coefficient (Wildman–Crippen LogP) is 0.680. The Balaban J connectivity index is 3.88. The molecule has 0 radical (unpaired) electrons. The molecule has 0 aromatic carbocycles. The van der Waals surface area contributed by atoms with Gasteiger partial charge in [-0.2, -0.15) is 0 Å². The van der Waals surface area contributed by atoms with Crippen LogP contribution in [0.3, 0.4) is 0 Å². The molecule has 0 aliphatic carbocycles. The molecule has 5 nitrogen and oxygen atoms in total. The summed E-state index contributed by atoms with van der Waals surface area (Å²) in [7, 11) is 1.23. The number of likely N-dealkylation sites (N-methyl/N-ethyl adjacent to an activating group) is 1. The molecule has 0 spiro atoms. The van der Waals surface area contributed by atoms with Crippen LogP contribution in [-0.2, 0) is 19.1 Å². The lowest BCUT2D eigenvalue weighted by Crippen LogP contribution is -2.36. The minimum absolute atomic E-state index is 0.0302. The van der Waals surface area contributed by atoms with E-state index in [1.807, 2.05) is 0 Å². The fourth-order valence-electron chi connectivity index (χ4n) is 1.09. The van der Waals surface area contributed by atoms with Crippen molar-refractivity contribution < 1.29 is 27.8 Å². The van der Waals surface area contributed by atoms with Crippen LogP contribution >= 0.6 is 0 Å². The molecule has 0 bridgehead atoms. The van der Waals surface area contributed by atoms with E-state index in [1.54, 1.807) is 6.92 Å². The van der Waals surface area contributed by atoms with Crippen molar-refractivity contribution in [1.29, 1.82) is 0 Å². The summed E-state index contributed by atoms with van der Waals surface area (Å²) in [6, 6.07) is 0. The number of hydrogen-bond acceptors (Lipinski definition) is 4. The van der Waals surface area contributed by atoms with Crippen LogP contribution in [0.5, 0.6) is 0 Å². The van der Waals surface area contributed by atoms with Crippen LogP contribution in [0.4, 0.5) is 8.78 Å². The maximum atomic E-state index is 11.7. The molecule has 0 saturated carbocycles. The molecule has 0 aliphatic heterocycles. The maximum Gasteiger partial charge on any atom is 0.325 e. The molecule has 0 fully saturated rings. The quantitative estimate of drug-likeness (QED) is 0.471. The minimum atomic E-state index is -2.54. The number of amides is 1. The van der Waals surface area contributed by atoms with Gasteiger partial charge < -0.3 is 14.4 Å². The number of esters is 1. The van der Waals surface area contributed by atoms with E-state index in [0.29, 0.717) is 6.54 Å². The van der Waals surface area contributed by atoms with Gasteiger partial charge in [0.25, 0.3) is 6.43 Å². The van der Waals surface area contributed by atoms with Gasteiger partial charge in [-0.1, -0.05) is 0 Å². The highest BCUT2D eigenvalue weighted by atomic mass is 19.3. The molecule has 17 heavy (non-hydrogen) atoms. The van der Waals surface area contributed by atoms with Crippen LogP contribution in [0, 0.1) is 0 Å². The number of hydrogen-bond donors (Lipinski definition) is 0. The van der Waals surface area contributed by atoms with E-state index in [0.717, 1.165) is 0 Å². The Labute approximate surface area is 98.7 Å². The molecule has 1 amide bonds. The Morgan fingerprint density at radius 1 is 1.35 bits per heavy atom. The summed E-state index contributed by atoms with van der Waals surface area (Å²) in [5, 5.41) is 0. The molecule has 0 unspecified atom stereocenters. The number of rotatable bonds is 8. The monoisotopic (exact) mass is 253 g/mol. The third-order valence-corrected chi connectivity index (χ3v) is 1.99. The lowest BCUT2D eigenvalue weighted by Gasteiger charge is -2.19. The molecule has 0 atom stereocenters. The fourth-order valence-corrected chi connectivity index (χ4v) is 1.09. The van der Waals surface area contributed by atoms with E-state index in [4.69, 9.17) is 0 Å². The number of carbonyl (C=O) groups is 2. The smallest absolute Gasteiger partial charge is 0.325 e. The van der Waals surface area contributed by atoms with E-state index in [-0.39, 0.29) is 25.5 Å². The second-order valence-corrected chi connectivity index (χ2v) is 3.20. The van der Waals surface area contributed by atoms with Crippen molar-refractivity contribution in [3.63, 3.8) is 0 Å². The summed E-state index contributed by atoms with van der Waals surface area (Å²) in [6.07, 6.45) is -2.57. The van der Waals surface area contributed by atoms with Crippen LogP contribution in [0.1, 0.15) is 13.3 Å². The number of ether oxygens (including phenoxy) is 2. The SMILES string of the molecule is CCN(CC(=O)OC)C(=O)CCOCC(F)F. The van der Waals surface area contributed by atoms with Crippen molar-refractivity contribution in [1.82, 2.24) is 4.90 Å². The van der Waals surface area contributed by atoms with E-state index in [9.17, 15) is 18.4 Å². The Kier molecular flexibility index (Phi) is 8.21. The summed E-state index contributed by atoms with van der Waals surface area (Å²) in [5.74, 6) is -0.846. The van der Waals surface area contributed by atoms with E-state index < -0.39 is 19.0 Å². The van der Waals surface area contributed by atoms with Gasteiger partial charge in [0.05, 0.1) is 20.1 Å². The zero-order chi connectivity index (χ0) is 13.3. The molecule has 0 aromatic rings. The number of alkyl halides is 2. The zero-order valence-corrected chi connectivity index (χ0v) is 9.95. The second-order valence-electron chi connectivity index (χ2n) is 3.20. The lowest BCUT2D eigenvalue weighted by molar-refractivity contribution is -0.147. The van der Waals surface area contributed by atoms with Gasteiger partial charge in [-0.25, -0.2) is 8.78 Å². The van der Waals surface area contributed by atoms with Crippen LogP contribution in [-0.4, -0.2) is 56.6 Å². The van der Waals surface area contributed by atoms with Gasteiger partial charge in [0.1, 0.15) is 13.2 Å². The third kappa shape index (κ3) is 7.62. The second kappa shape index (κ2) is 8.86. The molecule has 0 heterocycles. The third-order valence-electron chi connectivity index (χ3n) is 1.99. The maximum absolute atomic E-state index is 11.7. The first-order valence-corrected chi connectivity index (χ1v) is 5.21. The van der Waals surface area contributed by atoms with E-state index in [1.165, 1.54) is 12.0 Å². The Morgan fingerprint density at radius 3 is 2.47 bits per heavy atom. The van der Waals surface area contributed by atoms with Gasteiger partial charge in [0.15, 0.2) is 0 Å². The Hall–Kier alpha value is -1.24. The van der Waals surface area contributed by atoms with E-state index in [2.05, 4.69) is 9.47 Å². The number of nitrogens with zero attached hydrogens (tertiary/aromatic N) is 1. The van der Waals surface area contributed by atoms with Crippen LogP contribution < -0.4 is 0 Å². The molecule has 0 saturated heterocycles. The highest BCUT2D eigenvalue weighted by molar-refractivity contribution is 5.82. The van der Waals surface area contributed by atoms with Crippen LogP contribution in [0.25, 0.3) is 0 Å². The van der Waals surface area contributed by atoms with Crippen LogP contribution in [0.2, 0.25) is 0 Å². The summed E-state index contributed by atoms with van der Waals surface area (Å²) < 4.78 is 32.4. The highest BCUT2D eigenvalue weighted by Crippen LogP contribution is 1.98. The van der Waals surface area contributed by atoms with Crippen LogP contribution in [0.15, 0.2) is 0 Å². The molecular weight excluding hydrogens is 236 g/mol. The molecule has 7 heteroatoms. The first kappa shape index (κ1) is 15.8. The number of carbonyl (C=O) groups excluding carboxylic acids is 2. The topological polar surface area (TPSA) is 55.8 Å². The van der Waals surface area contributed by atoms with Crippen molar-refractivity contribution in [2.24, 2.45) is 0 Å². The zero-order valence-electron chi connectivity index (χ0n) is 9.95. The summed E-state index contributed by atoms with van der Waals surface area (Å²) >= 11 is 0. The molecule has 100 valence electrons. The average Bonchev–Trinajstić information content (AvgIpc) is 2.30. The number of halogens is 2. The van der Waals surface area contributed by atoms with Crippen molar-refractivity contribution >= 4 is 11.9 Å². The summed E-state index contributed by atoms with van der Waals surface area (Å²) in [6.45, 7) is 1.15.